The van der Waals surface area contributed by atoms with Gasteiger partial charge >= 0.3 is 17.9 Å². The highest BCUT2D eigenvalue weighted by atomic mass is 32.1. The molecule has 6 heterocycles. The fraction of sp³-hybridized carbons (Fsp3) is 0.344. The van der Waals surface area contributed by atoms with Crippen molar-refractivity contribution in [3.05, 3.63) is 127 Å². The number of hydrogen-bond donors (Lipinski definition) is 7. The molecule has 0 saturated heterocycles. The minimum atomic E-state index is -0.945. The highest BCUT2D eigenvalue weighted by molar-refractivity contribution is 7.16. The van der Waals surface area contributed by atoms with E-state index in [9.17, 15) is 19.2 Å². The lowest BCUT2D eigenvalue weighted by Crippen LogP contribution is -2.26. The summed E-state index contributed by atoms with van der Waals surface area (Å²) in [7, 11) is 11.9. The molecule has 10 aromatic rings. The molecule has 4 aromatic carbocycles. The number of nitrogen functional groups attached to an aromatic ring is 1. The van der Waals surface area contributed by atoms with Crippen LogP contribution in [-0.4, -0.2) is 114 Å². The van der Waals surface area contributed by atoms with Crippen molar-refractivity contribution in [3.8, 4) is 0 Å². The van der Waals surface area contributed by atoms with Crippen molar-refractivity contribution < 1.29 is 38.5 Å². The zero-order valence-electron chi connectivity index (χ0n) is 49.5. The van der Waals surface area contributed by atoms with E-state index in [1.807, 2.05) is 59.1 Å². The number of methoxy groups -OCH3 is 3. The first-order valence-corrected chi connectivity index (χ1v) is 31.0. The van der Waals surface area contributed by atoms with Crippen LogP contribution in [0.4, 0.5) is 44.6 Å². The normalized spacial score (nSPS) is 13.1. The molecular formula is C61H69N15O8S3. The molecule has 0 bridgehead atoms. The predicted molar refractivity (Wildman–Crippen MR) is 343 cm³/mol. The summed E-state index contributed by atoms with van der Waals surface area (Å²) in [5, 5.41) is 27.4. The molecule has 13 rings (SSSR count). The number of nitrogens with one attached hydrogen (secondary N) is 5. The molecule has 0 spiro atoms. The second-order valence-electron chi connectivity index (χ2n) is 20.8. The second-order valence-corrected chi connectivity index (χ2v) is 24.1. The van der Waals surface area contributed by atoms with E-state index in [0.29, 0.717) is 47.0 Å². The number of anilines is 8. The van der Waals surface area contributed by atoms with Gasteiger partial charge in [0.1, 0.15) is 0 Å². The van der Waals surface area contributed by atoms with Gasteiger partial charge in [-0.3, -0.25) is 4.79 Å². The fourth-order valence-electron chi connectivity index (χ4n) is 10.4. The number of nitrogens with two attached hydrogens (primary N) is 1. The molecule has 87 heavy (non-hydrogen) atoms. The number of esters is 2. The maximum absolute atomic E-state index is 12.2. The monoisotopic (exact) mass is 1240 g/mol. The number of ether oxygens (including phenoxy) is 3. The number of thiazole rings is 3. The van der Waals surface area contributed by atoms with Crippen molar-refractivity contribution in [1.82, 2.24) is 48.9 Å². The maximum Gasteiger partial charge on any atom is 0.337 e. The molecule has 26 heteroatoms. The molecule has 3 aliphatic carbocycles. The van der Waals surface area contributed by atoms with Gasteiger partial charge in [0.2, 0.25) is 17.8 Å². The van der Waals surface area contributed by atoms with Crippen molar-refractivity contribution >= 4 is 136 Å². The number of aryl methyl sites for hydroxylation is 9. The number of aromatic carboxylic acids is 1. The van der Waals surface area contributed by atoms with E-state index >= 15 is 0 Å². The van der Waals surface area contributed by atoms with Crippen LogP contribution in [-0.2, 0) is 73.9 Å². The first-order valence-electron chi connectivity index (χ1n) is 28.5. The number of hydrogen-bond acceptors (Lipinski definition) is 21. The predicted octanol–water partition coefficient (Wildman–Crippen LogP) is 10.9. The van der Waals surface area contributed by atoms with Gasteiger partial charge in [-0.25, -0.2) is 44.3 Å². The highest BCUT2D eigenvalue weighted by Gasteiger charge is 2.22. The summed E-state index contributed by atoms with van der Waals surface area (Å²) in [5.41, 5.74) is 17.4. The Morgan fingerprint density at radius 3 is 1.30 bits per heavy atom. The quantitative estimate of drug-likeness (QED) is 0.0302. The van der Waals surface area contributed by atoms with Crippen molar-refractivity contribution in [2.75, 3.05) is 68.5 Å². The largest absolute Gasteiger partial charge is 0.478 e. The molecule has 8 N–H and O–H groups in total. The number of imidazole rings is 3. The van der Waals surface area contributed by atoms with E-state index < -0.39 is 5.97 Å². The Kier molecular flexibility index (Phi) is 19.4. The number of amides is 1. The van der Waals surface area contributed by atoms with E-state index in [1.165, 1.54) is 84.5 Å². The molecule has 454 valence electrons. The first-order chi connectivity index (χ1) is 42.1. The second kappa shape index (κ2) is 27.6. The van der Waals surface area contributed by atoms with E-state index in [-0.39, 0.29) is 23.4 Å². The van der Waals surface area contributed by atoms with Gasteiger partial charge in [-0.1, -0.05) is 0 Å². The molecule has 0 atom stereocenters. The van der Waals surface area contributed by atoms with Crippen LogP contribution in [0.3, 0.4) is 0 Å². The van der Waals surface area contributed by atoms with Crippen molar-refractivity contribution in [2.45, 2.75) is 77.0 Å². The Balaban J connectivity index is 0.000000132. The summed E-state index contributed by atoms with van der Waals surface area (Å²) in [5.74, 6) is 0.320. The van der Waals surface area contributed by atoms with Gasteiger partial charge in [-0.05, 0) is 150 Å². The van der Waals surface area contributed by atoms with Gasteiger partial charge in [-0.15, -0.1) is 34.0 Å². The number of rotatable bonds is 14. The van der Waals surface area contributed by atoms with Crippen LogP contribution in [0.2, 0.25) is 0 Å². The number of fused-ring (bicyclic) bond motifs is 6. The summed E-state index contributed by atoms with van der Waals surface area (Å²) >= 11 is 5.11. The van der Waals surface area contributed by atoms with E-state index in [2.05, 4.69) is 51.3 Å². The van der Waals surface area contributed by atoms with E-state index in [4.69, 9.17) is 30.3 Å². The number of benzene rings is 4. The summed E-state index contributed by atoms with van der Waals surface area (Å²) in [6.07, 6.45) is 13.9. The van der Waals surface area contributed by atoms with Crippen LogP contribution >= 0.6 is 34.0 Å². The van der Waals surface area contributed by atoms with Crippen LogP contribution < -0.4 is 32.3 Å². The maximum atomic E-state index is 12.2. The molecule has 6 aromatic heterocycles. The van der Waals surface area contributed by atoms with Gasteiger partial charge in [0.15, 0.2) is 15.4 Å². The Bertz CT molecular complexity index is 4090. The Morgan fingerprint density at radius 1 is 0.529 bits per heavy atom. The van der Waals surface area contributed by atoms with Crippen molar-refractivity contribution in [3.63, 3.8) is 0 Å². The lowest BCUT2D eigenvalue weighted by Gasteiger charge is -2.06. The number of carbonyl (C=O) groups excluding carboxylic acids is 3. The van der Waals surface area contributed by atoms with Gasteiger partial charge in [0.25, 0.3) is 5.91 Å². The molecule has 1 amide bonds. The Labute approximate surface area is 513 Å². The first kappa shape index (κ1) is 61.1. The highest BCUT2D eigenvalue weighted by Crippen LogP contribution is 2.35. The average molecular weight is 1240 g/mol. The standard InChI is InChI=1S/C19H23N5O2S.C17H18N4O2S.C16H16N4O2S.C9H12N2O2/c1-24-15-8-7-12(17(25)20-9-10-26-2)11-14(15)21-18(24)23-19-22-13-5-3-4-6-16(13)27-19;1-21-13-8-7-10(15(22)23-2)9-12(13)18-16(21)20-17-19-11-5-3-4-6-14(11)24-17;1-20-12-7-6-9(14(21)22)8-11(12)17-15(20)19-16-18-10-4-2-3-5-13(10)23-16;1-11-8-4-3-6(5-7(8)10)9(12)13-2/h7-8,11H,3-6,9-10H2,1-2H3,(H,20,25)(H,21,22,23);7-9H,3-6H2,1-2H3,(H,18,19,20);6-8H,2-5H2,1H3,(H,21,22)(H,17,18,19);3-5,11H,10H2,1-2H3. The molecule has 23 nitrogen and oxygen atoms in total. The number of carboxylic acids is 1. The molecule has 0 unspecified atom stereocenters. The van der Waals surface area contributed by atoms with Crippen molar-refractivity contribution in [1.29, 1.82) is 0 Å². The number of nitrogens with zero attached hydrogens (tertiary/aromatic N) is 9. The van der Waals surface area contributed by atoms with Crippen LogP contribution in [0.5, 0.6) is 0 Å². The lowest BCUT2D eigenvalue weighted by molar-refractivity contribution is 0.0592. The Hall–Kier alpha value is -8.98. The molecule has 0 radical (unpaired) electrons. The van der Waals surface area contributed by atoms with Crippen molar-refractivity contribution in [2.24, 2.45) is 21.1 Å². The van der Waals surface area contributed by atoms with E-state index in [1.54, 1.807) is 96.7 Å². The third-order valence-corrected chi connectivity index (χ3v) is 18.3. The summed E-state index contributed by atoms with van der Waals surface area (Å²) < 4.78 is 20.2. The molecular weight excluding hydrogens is 1170 g/mol. The smallest absolute Gasteiger partial charge is 0.337 e. The van der Waals surface area contributed by atoms with Gasteiger partial charge < -0.3 is 65.3 Å². The zero-order valence-corrected chi connectivity index (χ0v) is 51.9. The average Bonchev–Trinajstić information content (AvgIpc) is 2.66. The summed E-state index contributed by atoms with van der Waals surface area (Å²) in [4.78, 5) is 78.1. The zero-order chi connectivity index (χ0) is 61.3. The fourth-order valence-corrected chi connectivity index (χ4v) is 13.5. The van der Waals surface area contributed by atoms with Gasteiger partial charge in [-0.2, -0.15) is 0 Å². The third-order valence-electron chi connectivity index (χ3n) is 15.1. The Morgan fingerprint density at radius 2 is 0.908 bits per heavy atom. The minimum absolute atomic E-state index is 0.123. The summed E-state index contributed by atoms with van der Waals surface area (Å²) in [6, 6.07) is 20.9. The van der Waals surface area contributed by atoms with Crippen LogP contribution in [0, 0.1) is 0 Å². The molecule has 0 fully saturated rings. The SMILES string of the molecule is CNc1ccc(C(=O)OC)cc1N.COC(=O)c1ccc2c(c1)nc(Nc1nc3c(s1)CCCC3)n2C.COCCNC(=O)c1ccc2c(c1)nc(Nc1nc3c(s1)CCCC3)n2C.Cn1c(Nc2nc3c(s2)CCCC3)nc2cc(C(=O)O)ccc21. The number of aromatic nitrogens is 9. The topological polar surface area (TPSA) is 295 Å². The molecule has 3 aliphatic rings. The number of carboxylic acid groups (broad SMARTS) is 1. The van der Waals surface area contributed by atoms with Crippen LogP contribution in [0.15, 0.2) is 72.8 Å². The molecule has 0 aliphatic heterocycles. The van der Waals surface area contributed by atoms with Gasteiger partial charge in [0, 0.05) is 62.0 Å². The van der Waals surface area contributed by atoms with Gasteiger partial charge in [0.05, 0.1) is 99.1 Å². The summed E-state index contributed by atoms with van der Waals surface area (Å²) in [6.45, 7) is 0.973. The third kappa shape index (κ3) is 14.2. The minimum Gasteiger partial charge on any atom is -0.478 e. The molecule has 0 saturated carbocycles. The lowest BCUT2D eigenvalue weighted by atomic mass is 10.0. The van der Waals surface area contributed by atoms with Crippen LogP contribution in [0.25, 0.3) is 33.1 Å². The number of carbonyl (C=O) groups is 4. The van der Waals surface area contributed by atoms with E-state index in [0.717, 1.165) is 99.1 Å². The van der Waals surface area contributed by atoms with Crippen LogP contribution in [0.1, 0.15) is 112 Å².